The molecule has 0 spiro atoms. The minimum Gasteiger partial charge on any atom is -0.872 e. The molecule has 1 aromatic carbocycles. The number of aromatic amines is 1. The van der Waals surface area contributed by atoms with Gasteiger partial charge in [-0.05, 0) is 12.1 Å². The number of hydrogen-bond donors (Lipinski definition) is 4. The average Bonchev–Trinajstić information content (AvgIpc) is 2.51. The summed E-state index contributed by atoms with van der Waals surface area (Å²) in [5.41, 5.74) is 1.62. The van der Waals surface area contributed by atoms with Crippen molar-refractivity contribution in [2.75, 3.05) is 0 Å². The third-order valence-corrected chi connectivity index (χ3v) is 2.92. The molecule has 0 aliphatic heterocycles. The third-order valence-electron chi connectivity index (χ3n) is 2.92. The fraction of sp³-hybridized carbons (Fsp3) is 0.200. The summed E-state index contributed by atoms with van der Waals surface area (Å²) >= 11 is 0. The van der Waals surface area contributed by atoms with E-state index in [1.54, 1.807) is 13.1 Å². The van der Waals surface area contributed by atoms with Crippen LogP contribution in [0.5, 0.6) is 11.5 Å². The van der Waals surface area contributed by atoms with Gasteiger partial charge in [-0.15, -0.1) is 5.75 Å². The van der Waals surface area contributed by atoms with Crippen molar-refractivity contribution in [3.05, 3.63) is 52.8 Å². The molecule has 2 rings (SSSR count). The van der Waals surface area contributed by atoms with Crippen LogP contribution in [0.2, 0.25) is 0 Å². The lowest BCUT2D eigenvalue weighted by atomic mass is 10.1. The summed E-state index contributed by atoms with van der Waals surface area (Å²) in [5.74, 6) is -1.17. The lowest BCUT2D eigenvalue weighted by Crippen LogP contribution is -2.11. The molecule has 0 aliphatic rings. The van der Waals surface area contributed by atoms with Gasteiger partial charge in [0.2, 0.25) is 5.69 Å². The SMILES string of the molecule is Cc1[nH+]cc(CO)c(CO)c1O.O=C(O)c1ccc([O-])cc1. The standard InChI is InChI=1S/C8H11NO3.C7H6O3/c1-5-8(12)7(4-11)6(3-10)2-9-5;8-6-3-1-5(2-4-6)7(9)10/h2,10-12H,3-4H2,1H3;1-4,8H,(H,9,10). The first-order chi connectivity index (χ1) is 10.4. The number of aromatic carboxylic acids is 1. The second-order valence-electron chi connectivity index (χ2n) is 4.41. The number of aliphatic hydroxyl groups excluding tert-OH is 2. The number of pyridine rings is 1. The van der Waals surface area contributed by atoms with E-state index in [-0.39, 0.29) is 30.3 Å². The molecule has 0 atom stereocenters. The molecule has 118 valence electrons. The van der Waals surface area contributed by atoms with Crippen LogP contribution in [0.1, 0.15) is 27.2 Å². The molecule has 5 N–H and O–H groups in total. The fourth-order valence-electron chi connectivity index (χ4n) is 1.64. The second kappa shape index (κ2) is 7.96. The van der Waals surface area contributed by atoms with Gasteiger partial charge in [0.25, 0.3) is 0 Å². The molecule has 0 unspecified atom stereocenters. The number of benzene rings is 1. The molecular weight excluding hydrogens is 290 g/mol. The number of aromatic hydroxyl groups is 1. The number of carbonyl (C=O) groups is 1. The lowest BCUT2D eigenvalue weighted by molar-refractivity contribution is -0.389. The Kier molecular flexibility index (Phi) is 6.30. The Labute approximate surface area is 126 Å². The summed E-state index contributed by atoms with van der Waals surface area (Å²) < 4.78 is 0. The van der Waals surface area contributed by atoms with E-state index in [9.17, 15) is 15.0 Å². The summed E-state index contributed by atoms with van der Waals surface area (Å²) in [5, 5.41) is 45.9. The molecule has 1 heterocycles. The molecule has 0 aliphatic carbocycles. The van der Waals surface area contributed by atoms with Crippen molar-refractivity contribution in [1.82, 2.24) is 0 Å². The molecule has 7 nitrogen and oxygen atoms in total. The van der Waals surface area contributed by atoms with Crippen LogP contribution in [0.4, 0.5) is 0 Å². The first-order valence-corrected chi connectivity index (χ1v) is 6.34. The number of carboxylic acids is 1. The van der Waals surface area contributed by atoms with Crippen LogP contribution >= 0.6 is 0 Å². The predicted molar refractivity (Wildman–Crippen MR) is 74.1 cm³/mol. The van der Waals surface area contributed by atoms with Gasteiger partial charge >= 0.3 is 5.97 Å². The lowest BCUT2D eigenvalue weighted by Gasteiger charge is -2.03. The molecule has 0 radical (unpaired) electrons. The van der Waals surface area contributed by atoms with Crippen molar-refractivity contribution in [2.45, 2.75) is 20.1 Å². The highest BCUT2D eigenvalue weighted by atomic mass is 16.4. The van der Waals surface area contributed by atoms with E-state index in [2.05, 4.69) is 4.98 Å². The zero-order chi connectivity index (χ0) is 16.7. The molecule has 7 heteroatoms. The number of nitrogens with one attached hydrogen (secondary N) is 1. The van der Waals surface area contributed by atoms with Gasteiger partial charge in [0.15, 0.2) is 11.9 Å². The van der Waals surface area contributed by atoms with E-state index in [4.69, 9.17) is 15.3 Å². The molecule has 1 aromatic heterocycles. The first kappa shape index (κ1) is 17.4. The van der Waals surface area contributed by atoms with Crippen molar-refractivity contribution in [2.24, 2.45) is 0 Å². The van der Waals surface area contributed by atoms with Crippen LogP contribution in [-0.4, -0.2) is 26.4 Å². The normalized spacial score (nSPS) is 9.77. The number of hydrogen-bond acceptors (Lipinski definition) is 5. The maximum absolute atomic E-state index is 10.5. The number of carboxylic acid groups (broad SMARTS) is 1. The third kappa shape index (κ3) is 4.44. The zero-order valence-corrected chi connectivity index (χ0v) is 11.9. The van der Waals surface area contributed by atoms with E-state index in [1.807, 2.05) is 0 Å². The summed E-state index contributed by atoms with van der Waals surface area (Å²) in [7, 11) is 0. The number of aliphatic hydroxyl groups is 2. The Bertz CT molecular complexity index is 639. The second-order valence-corrected chi connectivity index (χ2v) is 4.41. The van der Waals surface area contributed by atoms with E-state index >= 15 is 0 Å². The van der Waals surface area contributed by atoms with E-state index in [0.29, 0.717) is 16.8 Å². The van der Waals surface area contributed by atoms with Gasteiger partial charge in [-0.1, -0.05) is 12.1 Å². The summed E-state index contributed by atoms with van der Waals surface area (Å²) in [6, 6.07) is 5.02. The van der Waals surface area contributed by atoms with Gasteiger partial charge in [-0.2, -0.15) is 0 Å². The predicted octanol–water partition coefficient (Wildman–Crippen LogP) is -0.0423. The summed E-state index contributed by atoms with van der Waals surface area (Å²) in [4.78, 5) is 13.0. The van der Waals surface area contributed by atoms with Gasteiger partial charge in [0.05, 0.1) is 24.3 Å². The highest BCUT2D eigenvalue weighted by molar-refractivity contribution is 5.87. The minimum absolute atomic E-state index is 0.0176. The van der Waals surface area contributed by atoms with Gasteiger partial charge in [0, 0.05) is 12.5 Å². The Balaban J connectivity index is 0.000000224. The highest BCUT2D eigenvalue weighted by Crippen LogP contribution is 2.21. The van der Waals surface area contributed by atoms with Gasteiger partial charge in [0.1, 0.15) is 0 Å². The molecular formula is C15H17NO6. The summed E-state index contributed by atoms with van der Waals surface area (Å²) in [6.45, 7) is 1.23. The number of H-pyrrole nitrogens is 1. The molecule has 0 bridgehead atoms. The topological polar surface area (TPSA) is 135 Å². The van der Waals surface area contributed by atoms with Crippen molar-refractivity contribution >= 4 is 5.97 Å². The van der Waals surface area contributed by atoms with Crippen LogP contribution in [0.25, 0.3) is 0 Å². The quantitative estimate of drug-likeness (QED) is 0.628. The number of aryl methyl sites for hydroxylation is 1. The molecule has 2 aromatic rings. The molecule has 0 saturated carbocycles. The van der Waals surface area contributed by atoms with Crippen molar-refractivity contribution in [1.29, 1.82) is 0 Å². The maximum atomic E-state index is 10.5. The van der Waals surface area contributed by atoms with Crippen LogP contribution < -0.4 is 10.1 Å². The Morgan fingerprint density at radius 1 is 1.18 bits per heavy atom. The summed E-state index contributed by atoms with van der Waals surface area (Å²) in [6.07, 6.45) is 1.57. The minimum atomic E-state index is -1.01. The number of rotatable bonds is 3. The number of aromatic nitrogens is 1. The Hall–Kier alpha value is -2.64. The Morgan fingerprint density at radius 3 is 2.23 bits per heavy atom. The first-order valence-electron chi connectivity index (χ1n) is 6.34. The van der Waals surface area contributed by atoms with Crippen molar-refractivity contribution in [3.63, 3.8) is 0 Å². The van der Waals surface area contributed by atoms with Gasteiger partial charge in [-0.25, -0.2) is 9.78 Å². The smallest absolute Gasteiger partial charge is 0.335 e. The van der Waals surface area contributed by atoms with Gasteiger partial charge in [-0.3, -0.25) is 0 Å². The van der Waals surface area contributed by atoms with Crippen molar-refractivity contribution in [3.8, 4) is 11.5 Å². The zero-order valence-electron chi connectivity index (χ0n) is 11.9. The Morgan fingerprint density at radius 2 is 1.77 bits per heavy atom. The van der Waals surface area contributed by atoms with Gasteiger partial charge < -0.3 is 25.5 Å². The van der Waals surface area contributed by atoms with E-state index in [0.717, 1.165) is 0 Å². The molecule has 0 saturated heterocycles. The van der Waals surface area contributed by atoms with Crippen LogP contribution in [0.15, 0.2) is 30.5 Å². The largest absolute Gasteiger partial charge is 0.872 e. The molecule has 0 amide bonds. The fourth-order valence-corrected chi connectivity index (χ4v) is 1.64. The van der Waals surface area contributed by atoms with Crippen molar-refractivity contribution < 1.29 is 35.3 Å². The van der Waals surface area contributed by atoms with E-state index < -0.39 is 5.97 Å². The highest BCUT2D eigenvalue weighted by Gasteiger charge is 2.13. The van der Waals surface area contributed by atoms with Crippen LogP contribution in [0.3, 0.4) is 0 Å². The maximum Gasteiger partial charge on any atom is 0.335 e. The average molecular weight is 307 g/mol. The van der Waals surface area contributed by atoms with E-state index in [1.165, 1.54) is 24.3 Å². The molecule has 22 heavy (non-hydrogen) atoms. The van der Waals surface area contributed by atoms with Crippen LogP contribution in [0, 0.1) is 6.92 Å². The molecule has 0 fully saturated rings. The van der Waals surface area contributed by atoms with Crippen LogP contribution in [-0.2, 0) is 13.2 Å². The monoisotopic (exact) mass is 307 g/mol.